The van der Waals surface area contributed by atoms with Crippen LogP contribution in [0, 0.1) is 6.92 Å². The van der Waals surface area contributed by atoms with Crippen LogP contribution in [0.5, 0.6) is 0 Å². The zero-order valence-electron chi connectivity index (χ0n) is 14.5. The maximum atomic E-state index is 6.17. The van der Waals surface area contributed by atoms with Crippen molar-refractivity contribution in [3.05, 3.63) is 41.5 Å². The number of aromatic nitrogens is 5. The Hall–Kier alpha value is -3.16. The molecule has 0 bridgehead atoms. The minimum atomic E-state index is 0.443. The number of hydrogen-bond acceptors (Lipinski definition) is 7. The maximum Gasteiger partial charge on any atom is 0.199 e. The third-order valence-corrected chi connectivity index (χ3v) is 4.82. The van der Waals surface area contributed by atoms with Gasteiger partial charge in [0.05, 0.1) is 12.4 Å². The van der Waals surface area contributed by atoms with Gasteiger partial charge >= 0.3 is 0 Å². The first-order valence-electron chi connectivity index (χ1n) is 8.81. The molecule has 0 spiro atoms. The zero-order chi connectivity index (χ0) is 17.7. The van der Waals surface area contributed by atoms with E-state index in [9.17, 15) is 0 Å². The fraction of sp³-hybridized carbons (Fsp3) is 0.333. The largest absolute Gasteiger partial charge is 0.382 e. The first-order valence-corrected chi connectivity index (χ1v) is 8.81. The number of fused-ring (bicyclic) bond motifs is 1. The molecule has 3 aromatic heterocycles. The van der Waals surface area contributed by atoms with Gasteiger partial charge in [-0.1, -0.05) is 6.07 Å². The number of nitrogens with one attached hydrogen (secondary N) is 2. The fourth-order valence-corrected chi connectivity index (χ4v) is 3.20. The predicted molar refractivity (Wildman–Crippen MR) is 99.6 cm³/mol. The van der Waals surface area contributed by atoms with Crippen molar-refractivity contribution in [1.82, 2.24) is 24.9 Å². The molecule has 26 heavy (non-hydrogen) atoms. The summed E-state index contributed by atoms with van der Waals surface area (Å²) in [5.74, 6) is 3.03. The van der Waals surface area contributed by atoms with E-state index < -0.39 is 0 Å². The summed E-state index contributed by atoms with van der Waals surface area (Å²) < 4.78 is 0. The molecular formula is C18H20N8. The number of anilines is 3. The molecule has 0 atom stereocenters. The molecule has 8 heteroatoms. The van der Waals surface area contributed by atoms with Crippen LogP contribution in [0.15, 0.2) is 24.5 Å². The maximum absolute atomic E-state index is 6.17. The molecular weight excluding hydrogens is 328 g/mol. The first-order chi connectivity index (χ1) is 12.7. The van der Waals surface area contributed by atoms with Gasteiger partial charge in [0.15, 0.2) is 23.3 Å². The van der Waals surface area contributed by atoms with Crippen LogP contribution in [-0.2, 0) is 6.54 Å². The highest BCUT2D eigenvalue weighted by atomic mass is 15.3. The van der Waals surface area contributed by atoms with Crippen molar-refractivity contribution in [2.45, 2.75) is 32.2 Å². The number of H-pyrrole nitrogens is 1. The van der Waals surface area contributed by atoms with Crippen molar-refractivity contribution in [2.24, 2.45) is 0 Å². The van der Waals surface area contributed by atoms with E-state index in [1.54, 1.807) is 0 Å². The molecule has 4 N–H and O–H groups in total. The van der Waals surface area contributed by atoms with E-state index >= 15 is 0 Å². The quantitative estimate of drug-likeness (QED) is 0.664. The highest BCUT2D eigenvalue weighted by molar-refractivity contribution is 5.81. The molecule has 0 saturated heterocycles. The Balaban J connectivity index is 1.47. The zero-order valence-corrected chi connectivity index (χ0v) is 14.5. The molecule has 8 nitrogen and oxygen atoms in total. The van der Waals surface area contributed by atoms with Gasteiger partial charge in [0.1, 0.15) is 5.69 Å². The van der Waals surface area contributed by atoms with Gasteiger partial charge in [-0.25, -0.2) is 15.0 Å². The van der Waals surface area contributed by atoms with Crippen molar-refractivity contribution < 1.29 is 0 Å². The summed E-state index contributed by atoms with van der Waals surface area (Å²) in [5, 5.41) is 3.29. The molecule has 0 aromatic carbocycles. The molecule has 2 aliphatic rings. The van der Waals surface area contributed by atoms with Gasteiger partial charge in [0.2, 0.25) is 0 Å². The molecule has 4 heterocycles. The number of hydrogen-bond donors (Lipinski definition) is 3. The smallest absolute Gasteiger partial charge is 0.199 e. The minimum Gasteiger partial charge on any atom is -0.382 e. The van der Waals surface area contributed by atoms with Crippen molar-refractivity contribution in [3.63, 3.8) is 0 Å². The number of nitrogens with two attached hydrogens (primary N) is 1. The molecule has 1 aliphatic heterocycles. The lowest BCUT2D eigenvalue weighted by molar-refractivity contribution is 0.849. The lowest BCUT2D eigenvalue weighted by Crippen LogP contribution is -2.22. The molecule has 1 aliphatic carbocycles. The normalized spacial score (nSPS) is 15.8. The van der Waals surface area contributed by atoms with Crippen LogP contribution in [0.3, 0.4) is 0 Å². The van der Waals surface area contributed by atoms with Crippen molar-refractivity contribution >= 4 is 17.3 Å². The highest BCUT2D eigenvalue weighted by Crippen LogP contribution is 2.40. The Kier molecular flexibility index (Phi) is 3.31. The van der Waals surface area contributed by atoms with Gasteiger partial charge in [-0.2, -0.15) is 0 Å². The number of aryl methyl sites for hydroxylation is 1. The number of aromatic amines is 1. The van der Waals surface area contributed by atoms with Crippen LogP contribution >= 0.6 is 0 Å². The van der Waals surface area contributed by atoms with Crippen molar-refractivity contribution in [1.29, 1.82) is 0 Å². The minimum absolute atomic E-state index is 0.443. The molecule has 1 fully saturated rings. The van der Waals surface area contributed by atoms with E-state index in [1.165, 1.54) is 12.8 Å². The molecule has 3 aromatic rings. The van der Waals surface area contributed by atoms with Crippen LogP contribution in [0.25, 0.3) is 11.6 Å². The average Bonchev–Trinajstić information content (AvgIpc) is 3.23. The fourth-order valence-electron chi connectivity index (χ4n) is 3.20. The van der Waals surface area contributed by atoms with Gasteiger partial charge in [-0.15, -0.1) is 0 Å². The molecule has 0 unspecified atom stereocenters. The Bertz CT molecular complexity index is 958. The molecule has 1 saturated carbocycles. The van der Waals surface area contributed by atoms with Gasteiger partial charge in [0, 0.05) is 30.6 Å². The van der Waals surface area contributed by atoms with Crippen LogP contribution in [-0.4, -0.2) is 31.6 Å². The summed E-state index contributed by atoms with van der Waals surface area (Å²) >= 11 is 0. The van der Waals surface area contributed by atoms with Gasteiger partial charge in [0.25, 0.3) is 0 Å². The second-order valence-electron chi connectivity index (χ2n) is 6.92. The summed E-state index contributed by atoms with van der Waals surface area (Å²) in [5.41, 5.74) is 10.2. The Morgan fingerprint density at radius 3 is 2.88 bits per heavy atom. The van der Waals surface area contributed by atoms with Crippen LogP contribution in [0.2, 0.25) is 0 Å². The lowest BCUT2D eigenvalue weighted by atomic mass is 10.2. The first kappa shape index (κ1) is 15.1. The van der Waals surface area contributed by atoms with E-state index in [2.05, 4.69) is 36.2 Å². The Labute approximate surface area is 150 Å². The van der Waals surface area contributed by atoms with Crippen molar-refractivity contribution in [3.8, 4) is 11.6 Å². The highest BCUT2D eigenvalue weighted by Gasteiger charge is 2.28. The summed E-state index contributed by atoms with van der Waals surface area (Å²) in [6.07, 6.45) is 6.26. The number of imidazole rings is 1. The van der Waals surface area contributed by atoms with Gasteiger partial charge in [-0.05, 0) is 31.4 Å². The van der Waals surface area contributed by atoms with Crippen LogP contribution in [0.4, 0.5) is 17.3 Å². The SMILES string of the molecule is Cc1ccc(CN2CNc3c(N)nc(-c4nc(C5CC5)c[nH]4)nc32)cn1. The molecule has 132 valence electrons. The standard InChI is InChI=1S/C18H20N8/c1-10-2-3-11(6-20-10)8-26-9-22-14-15(19)24-17(25-18(14)26)16-21-7-13(23-16)12-4-5-12/h2-3,6-7,12,22H,4-5,8-9H2,1H3,(H,21,23)(H2,19,24,25). The molecule has 5 rings (SSSR count). The summed E-state index contributed by atoms with van der Waals surface area (Å²) in [4.78, 5) is 23.5. The van der Waals surface area contributed by atoms with Crippen LogP contribution in [0.1, 0.15) is 35.7 Å². The number of nitrogens with zero attached hydrogens (tertiary/aromatic N) is 5. The summed E-state index contributed by atoms with van der Waals surface area (Å²) in [6.45, 7) is 3.32. The lowest BCUT2D eigenvalue weighted by Gasteiger charge is -2.17. The Morgan fingerprint density at radius 1 is 1.23 bits per heavy atom. The third kappa shape index (κ3) is 2.63. The van der Waals surface area contributed by atoms with E-state index in [0.717, 1.165) is 28.5 Å². The second-order valence-corrected chi connectivity index (χ2v) is 6.92. The van der Waals surface area contributed by atoms with E-state index in [4.69, 9.17) is 10.7 Å². The number of nitrogen functional groups attached to an aromatic ring is 1. The van der Waals surface area contributed by atoms with Crippen molar-refractivity contribution in [2.75, 3.05) is 22.6 Å². The predicted octanol–water partition coefficient (Wildman–Crippen LogP) is 2.42. The Morgan fingerprint density at radius 2 is 2.12 bits per heavy atom. The monoisotopic (exact) mass is 348 g/mol. The van der Waals surface area contributed by atoms with E-state index in [0.29, 0.717) is 36.6 Å². The van der Waals surface area contributed by atoms with Gasteiger partial charge in [-0.3, -0.25) is 4.98 Å². The third-order valence-electron chi connectivity index (χ3n) is 4.82. The van der Waals surface area contributed by atoms with Crippen LogP contribution < -0.4 is 16.0 Å². The number of rotatable bonds is 4. The van der Waals surface area contributed by atoms with E-state index in [1.807, 2.05) is 25.4 Å². The van der Waals surface area contributed by atoms with Gasteiger partial charge < -0.3 is 20.9 Å². The van der Waals surface area contributed by atoms with E-state index in [-0.39, 0.29) is 0 Å². The second kappa shape index (κ2) is 5.69. The number of pyridine rings is 1. The summed E-state index contributed by atoms with van der Waals surface area (Å²) in [6, 6.07) is 4.10. The molecule has 0 radical (unpaired) electrons. The average molecular weight is 348 g/mol. The topological polar surface area (TPSA) is 109 Å². The molecule has 0 amide bonds. The summed E-state index contributed by atoms with van der Waals surface area (Å²) in [7, 11) is 0.